The van der Waals surface area contributed by atoms with Gasteiger partial charge in [0.15, 0.2) is 0 Å². The fourth-order valence-corrected chi connectivity index (χ4v) is 2.77. The molecule has 0 heterocycles. The monoisotopic (exact) mass is 266 g/mol. The van der Waals surface area contributed by atoms with Gasteiger partial charge in [0.1, 0.15) is 0 Å². The molecular weight excluding hydrogens is 241 g/mol. The Bertz CT molecular complexity index is 213. The second-order valence-electron chi connectivity index (χ2n) is 5.45. The van der Waals surface area contributed by atoms with E-state index < -0.39 is 12.6 Å². The Labute approximate surface area is 107 Å². The number of rotatable bonds is 7. The van der Waals surface area contributed by atoms with Gasteiger partial charge in [-0.25, -0.2) is 0 Å². The van der Waals surface area contributed by atoms with Crippen molar-refractivity contribution in [1.82, 2.24) is 5.43 Å². The standard InChI is InChI=1S/C13H25F3N2/c14-13(15,16)10-4-7-12(18-17)9-8-11-5-2-1-3-6-11/h11-12,18H,1-10,17H2. The molecule has 1 fully saturated rings. The molecule has 2 nitrogen and oxygen atoms in total. The van der Waals surface area contributed by atoms with Crippen LogP contribution in [0.3, 0.4) is 0 Å². The normalized spacial score (nSPS) is 20.0. The molecule has 0 aliphatic heterocycles. The van der Waals surface area contributed by atoms with Gasteiger partial charge in [-0.3, -0.25) is 11.3 Å². The second kappa shape index (κ2) is 8.00. The molecule has 0 radical (unpaired) electrons. The van der Waals surface area contributed by atoms with E-state index in [1.807, 2.05) is 0 Å². The molecule has 1 aliphatic carbocycles. The van der Waals surface area contributed by atoms with E-state index in [2.05, 4.69) is 5.43 Å². The lowest BCUT2D eigenvalue weighted by Crippen LogP contribution is -2.35. The largest absolute Gasteiger partial charge is 0.389 e. The molecule has 1 rings (SSSR count). The average Bonchev–Trinajstić information content (AvgIpc) is 2.33. The zero-order chi connectivity index (χ0) is 13.4. The first-order chi connectivity index (χ1) is 8.51. The summed E-state index contributed by atoms with van der Waals surface area (Å²) in [5.41, 5.74) is 2.66. The predicted octanol–water partition coefficient (Wildman–Crippen LogP) is 3.91. The number of hydrazine groups is 1. The Morgan fingerprint density at radius 2 is 1.78 bits per heavy atom. The van der Waals surface area contributed by atoms with Crippen LogP contribution in [0.25, 0.3) is 0 Å². The molecule has 18 heavy (non-hydrogen) atoms. The molecule has 0 amide bonds. The topological polar surface area (TPSA) is 38.0 Å². The molecule has 0 saturated heterocycles. The minimum atomic E-state index is -4.04. The minimum absolute atomic E-state index is 0.0364. The predicted molar refractivity (Wildman–Crippen MR) is 66.8 cm³/mol. The van der Waals surface area contributed by atoms with E-state index in [1.165, 1.54) is 32.1 Å². The third kappa shape index (κ3) is 7.21. The van der Waals surface area contributed by atoms with Crippen LogP contribution in [0.1, 0.15) is 64.2 Å². The number of hydrogen-bond donors (Lipinski definition) is 2. The molecule has 0 bridgehead atoms. The van der Waals surface area contributed by atoms with Gasteiger partial charge in [0, 0.05) is 12.5 Å². The first-order valence-corrected chi connectivity index (χ1v) is 7.04. The summed E-state index contributed by atoms with van der Waals surface area (Å²) in [7, 11) is 0. The van der Waals surface area contributed by atoms with Gasteiger partial charge >= 0.3 is 6.18 Å². The molecule has 1 atom stereocenters. The maximum absolute atomic E-state index is 12.0. The van der Waals surface area contributed by atoms with Gasteiger partial charge in [0.2, 0.25) is 0 Å². The van der Waals surface area contributed by atoms with Gasteiger partial charge in [-0.05, 0) is 31.6 Å². The van der Waals surface area contributed by atoms with Crippen LogP contribution in [-0.4, -0.2) is 12.2 Å². The Balaban J connectivity index is 2.12. The maximum atomic E-state index is 12.0. The van der Waals surface area contributed by atoms with Crippen LogP contribution in [0.5, 0.6) is 0 Å². The van der Waals surface area contributed by atoms with Crippen LogP contribution < -0.4 is 11.3 Å². The van der Waals surface area contributed by atoms with E-state index in [4.69, 9.17) is 5.84 Å². The Morgan fingerprint density at radius 3 is 2.33 bits per heavy atom. The van der Waals surface area contributed by atoms with Gasteiger partial charge in [0.05, 0.1) is 0 Å². The zero-order valence-corrected chi connectivity index (χ0v) is 10.9. The van der Waals surface area contributed by atoms with Crippen LogP contribution in [0.15, 0.2) is 0 Å². The molecule has 1 unspecified atom stereocenters. The van der Waals surface area contributed by atoms with Gasteiger partial charge < -0.3 is 0 Å². The summed E-state index contributed by atoms with van der Waals surface area (Å²) in [5.74, 6) is 6.17. The first-order valence-electron chi connectivity index (χ1n) is 7.04. The van der Waals surface area contributed by atoms with E-state index in [-0.39, 0.29) is 12.5 Å². The molecule has 0 spiro atoms. The lowest BCUT2D eigenvalue weighted by atomic mass is 9.85. The number of halogens is 3. The van der Waals surface area contributed by atoms with Crippen LogP contribution in [-0.2, 0) is 0 Å². The van der Waals surface area contributed by atoms with Crippen LogP contribution in [0.4, 0.5) is 13.2 Å². The molecular formula is C13H25F3N2. The molecule has 0 aromatic heterocycles. The van der Waals surface area contributed by atoms with Crippen molar-refractivity contribution in [2.24, 2.45) is 11.8 Å². The van der Waals surface area contributed by atoms with E-state index in [0.29, 0.717) is 6.42 Å². The number of nitrogens with two attached hydrogens (primary N) is 1. The van der Waals surface area contributed by atoms with Crippen molar-refractivity contribution in [3.8, 4) is 0 Å². The van der Waals surface area contributed by atoms with Gasteiger partial charge in [-0.15, -0.1) is 0 Å². The van der Waals surface area contributed by atoms with Crippen molar-refractivity contribution in [2.75, 3.05) is 0 Å². The highest BCUT2D eigenvalue weighted by Gasteiger charge is 2.26. The van der Waals surface area contributed by atoms with Crippen LogP contribution in [0, 0.1) is 5.92 Å². The van der Waals surface area contributed by atoms with Crippen molar-refractivity contribution < 1.29 is 13.2 Å². The Hall–Kier alpha value is -0.290. The van der Waals surface area contributed by atoms with Crippen molar-refractivity contribution in [1.29, 1.82) is 0 Å². The fourth-order valence-electron chi connectivity index (χ4n) is 2.77. The van der Waals surface area contributed by atoms with E-state index in [1.54, 1.807) is 0 Å². The Kier molecular flexibility index (Phi) is 7.00. The smallest absolute Gasteiger partial charge is 0.271 e. The van der Waals surface area contributed by atoms with E-state index in [9.17, 15) is 13.2 Å². The summed E-state index contributed by atoms with van der Waals surface area (Å²) in [6.07, 6.45) is 4.45. The molecule has 0 aromatic carbocycles. The van der Waals surface area contributed by atoms with Gasteiger partial charge in [-0.1, -0.05) is 32.1 Å². The highest BCUT2D eigenvalue weighted by Crippen LogP contribution is 2.28. The lowest BCUT2D eigenvalue weighted by molar-refractivity contribution is -0.135. The van der Waals surface area contributed by atoms with E-state index >= 15 is 0 Å². The van der Waals surface area contributed by atoms with Crippen molar-refractivity contribution in [3.05, 3.63) is 0 Å². The SMILES string of the molecule is NNC(CCCC(F)(F)F)CCC1CCCCC1. The fraction of sp³-hybridized carbons (Fsp3) is 1.00. The molecule has 108 valence electrons. The quantitative estimate of drug-likeness (QED) is 0.541. The molecule has 5 heteroatoms. The van der Waals surface area contributed by atoms with Crippen LogP contribution in [0.2, 0.25) is 0 Å². The summed E-state index contributed by atoms with van der Waals surface area (Å²) in [6.45, 7) is 0. The lowest BCUT2D eigenvalue weighted by Gasteiger charge is -2.24. The second-order valence-corrected chi connectivity index (χ2v) is 5.45. The molecule has 0 aromatic rings. The van der Waals surface area contributed by atoms with Crippen molar-refractivity contribution in [2.45, 2.75) is 76.4 Å². The number of hydrogen-bond acceptors (Lipinski definition) is 2. The van der Waals surface area contributed by atoms with E-state index in [0.717, 1.165) is 18.8 Å². The summed E-state index contributed by atoms with van der Waals surface area (Å²) >= 11 is 0. The third-order valence-corrected chi connectivity index (χ3v) is 3.90. The van der Waals surface area contributed by atoms with Crippen molar-refractivity contribution in [3.63, 3.8) is 0 Å². The van der Waals surface area contributed by atoms with Gasteiger partial charge in [0.25, 0.3) is 0 Å². The summed E-state index contributed by atoms with van der Waals surface area (Å²) in [4.78, 5) is 0. The van der Waals surface area contributed by atoms with Gasteiger partial charge in [-0.2, -0.15) is 13.2 Å². The number of alkyl halides is 3. The highest BCUT2D eigenvalue weighted by atomic mass is 19.4. The third-order valence-electron chi connectivity index (χ3n) is 3.90. The summed E-state index contributed by atoms with van der Waals surface area (Å²) < 4.78 is 36.1. The Morgan fingerprint density at radius 1 is 1.11 bits per heavy atom. The average molecular weight is 266 g/mol. The van der Waals surface area contributed by atoms with Crippen LogP contribution >= 0.6 is 0 Å². The number of nitrogens with one attached hydrogen (secondary N) is 1. The van der Waals surface area contributed by atoms with Crippen molar-refractivity contribution >= 4 is 0 Å². The highest BCUT2D eigenvalue weighted by molar-refractivity contribution is 4.71. The first kappa shape index (κ1) is 15.8. The summed E-state index contributed by atoms with van der Waals surface area (Å²) in [6, 6.07) is 0.0364. The molecule has 1 aliphatic rings. The maximum Gasteiger partial charge on any atom is 0.389 e. The molecule has 1 saturated carbocycles. The molecule has 3 N–H and O–H groups in total. The zero-order valence-electron chi connectivity index (χ0n) is 10.9. The minimum Gasteiger partial charge on any atom is -0.271 e. The summed E-state index contributed by atoms with van der Waals surface area (Å²) in [5, 5.41) is 0.